The molecule has 20 heavy (non-hydrogen) atoms. The van der Waals surface area contributed by atoms with Gasteiger partial charge in [0.1, 0.15) is 0 Å². The van der Waals surface area contributed by atoms with Gasteiger partial charge in [0, 0.05) is 26.2 Å². The van der Waals surface area contributed by atoms with Gasteiger partial charge in [-0.15, -0.1) is 0 Å². The molecule has 118 valence electrons. The molecule has 0 radical (unpaired) electrons. The van der Waals surface area contributed by atoms with Gasteiger partial charge in [0.05, 0.1) is 5.92 Å². The van der Waals surface area contributed by atoms with Gasteiger partial charge in [-0.1, -0.05) is 20.8 Å². The molecule has 0 bridgehead atoms. The Balaban J connectivity index is 4.40. The molecular formula is C14H29N3O3. The molecule has 0 saturated carbocycles. The Labute approximate surface area is 122 Å². The van der Waals surface area contributed by atoms with E-state index in [4.69, 9.17) is 5.11 Å². The van der Waals surface area contributed by atoms with E-state index < -0.39 is 11.9 Å². The number of carbonyl (C=O) groups excluding carboxylic acids is 1. The van der Waals surface area contributed by atoms with Crippen LogP contribution in [0, 0.1) is 11.8 Å². The number of carboxylic acids is 1. The maximum Gasteiger partial charge on any atom is 0.317 e. The van der Waals surface area contributed by atoms with Gasteiger partial charge < -0.3 is 20.2 Å². The van der Waals surface area contributed by atoms with E-state index in [1.54, 1.807) is 4.90 Å². The predicted octanol–water partition coefficient (Wildman–Crippen LogP) is 1.33. The van der Waals surface area contributed by atoms with Crippen LogP contribution in [0.2, 0.25) is 0 Å². The van der Waals surface area contributed by atoms with E-state index in [2.05, 4.69) is 5.32 Å². The highest BCUT2D eigenvalue weighted by molar-refractivity contribution is 5.76. The maximum absolute atomic E-state index is 12.1. The van der Waals surface area contributed by atoms with Crippen LogP contribution in [-0.2, 0) is 4.79 Å². The summed E-state index contributed by atoms with van der Waals surface area (Å²) in [5.41, 5.74) is 0. The molecule has 0 fully saturated rings. The molecule has 0 aromatic heterocycles. The second kappa shape index (κ2) is 9.58. The van der Waals surface area contributed by atoms with Gasteiger partial charge in [0.25, 0.3) is 0 Å². The zero-order chi connectivity index (χ0) is 15.7. The number of likely N-dealkylation sites (N-methyl/N-ethyl adjacent to an activating group) is 1. The minimum atomic E-state index is -0.865. The van der Waals surface area contributed by atoms with Crippen molar-refractivity contribution in [1.82, 2.24) is 15.1 Å². The molecule has 0 saturated heterocycles. The van der Waals surface area contributed by atoms with Crippen molar-refractivity contribution in [2.45, 2.75) is 27.2 Å². The molecule has 0 heterocycles. The van der Waals surface area contributed by atoms with Crippen molar-refractivity contribution in [3.8, 4) is 0 Å². The van der Waals surface area contributed by atoms with Crippen LogP contribution in [0.25, 0.3) is 0 Å². The van der Waals surface area contributed by atoms with Crippen LogP contribution >= 0.6 is 0 Å². The van der Waals surface area contributed by atoms with Crippen molar-refractivity contribution in [2.75, 3.05) is 40.3 Å². The lowest BCUT2D eigenvalue weighted by Crippen LogP contribution is -2.46. The van der Waals surface area contributed by atoms with E-state index >= 15 is 0 Å². The average molecular weight is 287 g/mol. The van der Waals surface area contributed by atoms with Crippen LogP contribution in [0.1, 0.15) is 27.2 Å². The second-order valence-corrected chi connectivity index (χ2v) is 5.67. The first kappa shape index (κ1) is 18.7. The van der Waals surface area contributed by atoms with Crippen LogP contribution in [0.3, 0.4) is 0 Å². The fourth-order valence-electron chi connectivity index (χ4n) is 1.82. The number of urea groups is 1. The smallest absolute Gasteiger partial charge is 0.317 e. The number of rotatable bonds is 9. The molecule has 6 nitrogen and oxygen atoms in total. The Morgan fingerprint density at radius 3 is 2.15 bits per heavy atom. The Kier molecular flexibility index (Phi) is 8.96. The van der Waals surface area contributed by atoms with Gasteiger partial charge in [-0.25, -0.2) is 4.79 Å². The minimum absolute atomic E-state index is 0.00537. The van der Waals surface area contributed by atoms with Crippen LogP contribution in [-0.4, -0.2) is 67.2 Å². The molecular weight excluding hydrogens is 258 g/mol. The SMILES string of the molecule is CCCN(CCN(C)C)C(=O)NCC(C(=O)O)C(C)C. The van der Waals surface area contributed by atoms with Crippen LogP contribution in [0.5, 0.6) is 0 Å². The fourth-order valence-corrected chi connectivity index (χ4v) is 1.82. The first-order valence-electron chi connectivity index (χ1n) is 7.19. The number of aliphatic carboxylic acids is 1. The summed E-state index contributed by atoms with van der Waals surface area (Å²) in [7, 11) is 3.92. The van der Waals surface area contributed by atoms with Crippen LogP contribution in [0.15, 0.2) is 0 Å². The molecule has 2 N–H and O–H groups in total. The highest BCUT2D eigenvalue weighted by Gasteiger charge is 2.23. The molecule has 6 heteroatoms. The number of hydrogen-bond acceptors (Lipinski definition) is 3. The summed E-state index contributed by atoms with van der Waals surface area (Å²) in [6.45, 7) is 8.00. The third kappa shape index (κ3) is 7.33. The van der Waals surface area contributed by atoms with Gasteiger partial charge >= 0.3 is 12.0 Å². The van der Waals surface area contributed by atoms with E-state index in [1.807, 2.05) is 39.8 Å². The molecule has 1 unspecified atom stereocenters. The third-order valence-electron chi connectivity index (χ3n) is 3.19. The van der Waals surface area contributed by atoms with E-state index in [9.17, 15) is 9.59 Å². The van der Waals surface area contributed by atoms with E-state index in [0.717, 1.165) is 13.0 Å². The lowest BCUT2D eigenvalue weighted by atomic mass is 9.96. The number of nitrogens with zero attached hydrogens (tertiary/aromatic N) is 2. The van der Waals surface area contributed by atoms with Crippen molar-refractivity contribution in [1.29, 1.82) is 0 Å². The molecule has 0 rings (SSSR count). The van der Waals surface area contributed by atoms with Crippen molar-refractivity contribution in [3.05, 3.63) is 0 Å². The van der Waals surface area contributed by atoms with E-state index in [1.165, 1.54) is 0 Å². The van der Waals surface area contributed by atoms with Gasteiger partial charge in [-0.3, -0.25) is 4.79 Å². The van der Waals surface area contributed by atoms with Crippen molar-refractivity contribution in [2.24, 2.45) is 11.8 Å². The normalized spacial score (nSPS) is 12.6. The highest BCUT2D eigenvalue weighted by Crippen LogP contribution is 2.09. The number of amides is 2. The van der Waals surface area contributed by atoms with Crippen molar-refractivity contribution in [3.63, 3.8) is 0 Å². The summed E-state index contributed by atoms with van der Waals surface area (Å²) in [4.78, 5) is 26.9. The molecule has 0 aromatic rings. The first-order chi connectivity index (χ1) is 9.29. The van der Waals surface area contributed by atoms with Crippen LogP contribution in [0.4, 0.5) is 4.79 Å². The summed E-state index contributed by atoms with van der Waals surface area (Å²) < 4.78 is 0. The molecule has 2 amide bonds. The molecule has 0 aromatic carbocycles. The van der Waals surface area contributed by atoms with Crippen molar-refractivity contribution < 1.29 is 14.7 Å². The van der Waals surface area contributed by atoms with Gasteiger partial charge in [-0.05, 0) is 26.4 Å². The lowest BCUT2D eigenvalue weighted by Gasteiger charge is -2.25. The number of carbonyl (C=O) groups is 2. The second-order valence-electron chi connectivity index (χ2n) is 5.67. The molecule has 0 spiro atoms. The summed E-state index contributed by atoms with van der Waals surface area (Å²) in [6, 6.07) is -0.180. The van der Waals surface area contributed by atoms with E-state index in [-0.39, 0.29) is 18.5 Å². The first-order valence-corrected chi connectivity index (χ1v) is 7.19. The Bertz CT molecular complexity index is 306. The van der Waals surface area contributed by atoms with E-state index in [0.29, 0.717) is 13.1 Å². The van der Waals surface area contributed by atoms with Gasteiger partial charge in [0.2, 0.25) is 0 Å². The predicted molar refractivity (Wildman–Crippen MR) is 79.8 cm³/mol. The summed E-state index contributed by atoms with van der Waals surface area (Å²) in [5, 5.41) is 11.8. The third-order valence-corrected chi connectivity index (χ3v) is 3.19. The molecule has 0 aliphatic heterocycles. The monoisotopic (exact) mass is 287 g/mol. The number of carboxylic acid groups (broad SMARTS) is 1. The van der Waals surface area contributed by atoms with Crippen LogP contribution < -0.4 is 5.32 Å². The maximum atomic E-state index is 12.1. The number of hydrogen-bond donors (Lipinski definition) is 2. The van der Waals surface area contributed by atoms with Crippen molar-refractivity contribution >= 4 is 12.0 Å². The quantitative estimate of drug-likeness (QED) is 0.671. The topological polar surface area (TPSA) is 72.9 Å². The molecule has 0 aliphatic carbocycles. The fraction of sp³-hybridized carbons (Fsp3) is 0.857. The summed E-state index contributed by atoms with van der Waals surface area (Å²) in [6.07, 6.45) is 0.882. The lowest BCUT2D eigenvalue weighted by molar-refractivity contribution is -0.142. The Morgan fingerprint density at radius 2 is 1.75 bits per heavy atom. The molecule has 0 aliphatic rings. The average Bonchev–Trinajstić information content (AvgIpc) is 2.33. The Morgan fingerprint density at radius 1 is 1.15 bits per heavy atom. The zero-order valence-corrected chi connectivity index (χ0v) is 13.3. The zero-order valence-electron chi connectivity index (χ0n) is 13.3. The highest BCUT2D eigenvalue weighted by atomic mass is 16.4. The standard InChI is InChI=1S/C14H29N3O3/c1-6-7-17(9-8-16(4)5)14(20)15-10-12(11(2)3)13(18)19/h11-12H,6-10H2,1-5H3,(H,15,20)(H,18,19). The molecule has 1 atom stereocenters. The van der Waals surface area contributed by atoms with Gasteiger partial charge in [-0.2, -0.15) is 0 Å². The summed E-state index contributed by atoms with van der Waals surface area (Å²) in [5.74, 6) is -1.42. The largest absolute Gasteiger partial charge is 0.481 e. The minimum Gasteiger partial charge on any atom is -0.481 e. The summed E-state index contributed by atoms with van der Waals surface area (Å²) >= 11 is 0. The van der Waals surface area contributed by atoms with Gasteiger partial charge in [0.15, 0.2) is 0 Å². The Hall–Kier alpha value is -1.30. The number of nitrogens with one attached hydrogen (secondary N) is 1.